The van der Waals surface area contributed by atoms with Crippen molar-refractivity contribution in [1.29, 1.82) is 0 Å². The van der Waals surface area contributed by atoms with Gasteiger partial charge in [-0.3, -0.25) is 4.98 Å². The van der Waals surface area contributed by atoms with Crippen LogP contribution >= 0.6 is 0 Å². The van der Waals surface area contributed by atoms with E-state index in [9.17, 15) is 0 Å². The van der Waals surface area contributed by atoms with Gasteiger partial charge in [0.1, 0.15) is 0 Å². The van der Waals surface area contributed by atoms with Crippen LogP contribution in [0.3, 0.4) is 0 Å². The molecule has 0 aliphatic carbocycles. The number of hydrogen-bond acceptors (Lipinski definition) is 1. The van der Waals surface area contributed by atoms with E-state index < -0.39 is 0 Å². The highest BCUT2D eigenvalue weighted by Crippen LogP contribution is 2.16. The number of rotatable bonds is 2. The van der Waals surface area contributed by atoms with Gasteiger partial charge in [0, 0.05) is 11.3 Å². The molecule has 1 heteroatoms. The van der Waals surface area contributed by atoms with Crippen LogP contribution in [0.15, 0.2) is 48.5 Å². The molecule has 0 fully saturated rings. The fourth-order valence-electron chi connectivity index (χ4n) is 1.45. The fraction of sp³-hybridized carbons (Fsp3) is 0.214. The first-order valence-corrected chi connectivity index (χ1v) is 4.91. The number of benzene rings is 1. The topological polar surface area (TPSA) is 12.9 Å². The average Bonchev–Trinajstić information content (AvgIpc) is 2.30. The Morgan fingerprint density at radius 1 is 0.933 bits per heavy atom. The van der Waals surface area contributed by atoms with Gasteiger partial charge in [0.15, 0.2) is 0 Å². The molecule has 0 unspecified atom stereocenters. The zero-order valence-electron chi connectivity index (χ0n) is 8.27. The molecule has 0 amide bonds. The molecule has 1 nitrogen and oxygen atoms in total. The number of nitrogens with zero attached hydrogens (tertiary/aromatic N) is 1. The van der Waals surface area contributed by atoms with Crippen LogP contribution in [0.5, 0.6) is 0 Å². The summed E-state index contributed by atoms with van der Waals surface area (Å²) in [5.74, 6) is 0. The monoisotopic (exact) mass is 199 g/mol. The predicted molar refractivity (Wildman–Crippen MR) is 65.8 cm³/mol. The van der Waals surface area contributed by atoms with Gasteiger partial charge >= 0.3 is 0 Å². The fourth-order valence-corrected chi connectivity index (χ4v) is 1.45. The first-order valence-electron chi connectivity index (χ1n) is 4.91. The summed E-state index contributed by atoms with van der Waals surface area (Å²) in [7, 11) is 0. The van der Waals surface area contributed by atoms with Crippen LogP contribution in [0.4, 0.5) is 0 Å². The van der Waals surface area contributed by atoms with Crippen molar-refractivity contribution in [2.24, 2.45) is 0 Å². The number of hydrogen-bond donors (Lipinski definition) is 0. The summed E-state index contributed by atoms with van der Waals surface area (Å²) >= 11 is 0. The number of aryl methyl sites for hydroxylation is 1. The summed E-state index contributed by atoms with van der Waals surface area (Å²) in [6, 6.07) is 16.4. The van der Waals surface area contributed by atoms with E-state index in [2.05, 4.69) is 42.2 Å². The van der Waals surface area contributed by atoms with Crippen molar-refractivity contribution in [2.45, 2.75) is 20.8 Å². The van der Waals surface area contributed by atoms with Crippen LogP contribution < -0.4 is 0 Å². The van der Waals surface area contributed by atoms with Crippen LogP contribution in [-0.4, -0.2) is 4.98 Å². The molecule has 1 aromatic heterocycles. The molecule has 2 aromatic rings. The lowest BCUT2D eigenvalue weighted by Crippen LogP contribution is -1.89. The van der Waals surface area contributed by atoms with E-state index in [1.807, 2.05) is 18.2 Å². The van der Waals surface area contributed by atoms with Crippen LogP contribution in [0.25, 0.3) is 11.3 Å². The summed E-state index contributed by atoms with van der Waals surface area (Å²) in [4.78, 5) is 4.56. The third-order valence-corrected chi connectivity index (χ3v) is 2.24. The zero-order chi connectivity index (χ0) is 9.80. The smallest absolute Gasteiger partial charge is 0.0705 e. The Balaban J connectivity index is 0.00000112. The largest absolute Gasteiger partial charge is 0.253 e. The molecule has 0 spiro atoms. The summed E-state index contributed by atoms with van der Waals surface area (Å²) in [5.41, 5.74) is 3.39. The lowest BCUT2D eigenvalue weighted by molar-refractivity contribution is 1.04. The average molecular weight is 199 g/mol. The molecule has 1 heterocycles. The lowest BCUT2D eigenvalue weighted by Gasteiger charge is -2.02. The highest BCUT2D eigenvalue weighted by atomic mass is 14.7. The molecule has 78 valence electrons. The first kappa shape index (κ1) is 11.4. The Kier molecular flexibility index (Phi) is 4.04. The number of pyridine rings is 1. The SMILES string of the molecule is C.CCc1cccc(-c2ccccc2)n1. The molecule has 2 rings (SSSR count). The summed E-state index contributed by atoms with van der Waals surface area (Å²) in [6.07, 6.45) is 0.987. The van der Waals surface area contributed by atoms with Gasteiger partial charge in [0.2, 0.25) is 0 Å². The van der Waals surface area contributed by atoms with Gasteiger partial charge in [-0.15, -0.1) is 0 Å². The van der Waals surface area contributed by atoms with Crippen molar-refractivity contribution in [1.82, 2.24) is 4.98 Å². The lowest BCUT2D eigenvalue weighted by atomic mass is 10.1. The third-order valence-electron chi connectivity index (χ3n) is 2.24. The maximum absolute atomic E-state index is 4.56. The number of aromatic nitrogens is 1. The van der Waals surface area contributed by atoms with Gasteiger partial charge < -0.3 is 0 Å². The van der Waals surface area contributed by atoms with E-state index in [1.54, 1.807) is 0 Å². The molecule has 0 aliphatic rings. The molecular formula is C14H17N. The first-order chi connectivity index (χ1) is 6.90. The quantitative estimate of drug-likeness (QED) is 0.713. The van der Waals surface area contributed by atoms with E-state index in [1.165, 1.54) is 5.56 Å². The predicted octanol–water partition coefficient (Wildman–Crippen LogP) is 3.95. The molecule has 0 radical (unpaired) electrons. The normalized spacial score (nSPS) is 9.40. The molecule has 0 saturated heterocycles. The van der Waals surface area contributed by atoms with Crippen molar-refractivity contribution in [2.75, 3.05) is 0 Å². The molecule has 0 atom stereocenters. The third kappa shape index (κ3) is 2.66. The van der Waals surface area contributed by atoms with Crippen LogP contribution in [0, 0.1) is 0 Å². The van der Waals surface area contributed by atoms with Gasteiger partial charge in [0.05, 0.1) is 5.69 Å². The zero-order valence-corrected chi connectivity index (χ0v) is 8.27. The van der Waals surface area contributed by atoms with Crippen molar-refractivity contribution >= 4 is 0 Å². The highest BCUT2D eigenvalue weighted by Gasteiger charge is 1.98. The molecule has 1 aromatic carbocycles. The maximum Gasteiger partial charge on any atom is 0.0705 e. The van der Waals surface area contributed by atoms with Crippen LogP contribution in [0.2, 0.25) is 0 Å². The molecule has 0 aliphatic heterocycles. The van der Waals surface area contributed by atoms with E-state index in [0.29, 0.717) is 0 Å². The van der Waals surface area contributed by atoms with Gasteiger partial charge in [-0.2, -0.15) is 0 Å². The highest BCUT2D eigenvalue weighted by molar-refractivity contribution is 5.58. The Morgan fingerprint density at radius 3 is 2.33 bits per heavy atom. The van der Waals surface area contributed by atoms with Crippen LogP contribution in [0.1, 0.15) is 20.0 Å². The molecular weight excluding hydrogens is 182 g/mol. The molecule has 0 N–H and O–H groups in total. The van der Waals surface area contributed by atoms with Gasteiger partial charge in [-0.25, -0.2) is 0 Å². The van der Waals surface area contributed by atoms with E-state index >= 15 is 0 Å². The van der Waals surface area contributed by atoms with E-state index in [0.717, 1.165) is 17.8 Å². The molecule has 0 bridgehead atoms. The van der Waals surface area contributed by atoms with Crippen molar-refractivity contribution in [3.8, 4) is 11.3 Å². The van der Waals surface area contributed by atoms with Crippen molar-refractivity contribution in [3.63, 3.8) is 0 Å². The Hall–Kier alpha value is -1.63. The summed E-state index contributed by atoms with van der Waals surface area (Å²) in [5, 5.41) is 0. The summed E-state index contributed by atoms with van der Waals surface area (Å²) < 4.78 is 0. The molecule has 15 heavy (non-hydrogen) atoms. The minimum atomic E-state index is 0. The van der Waals surface area contributed by atoms with Gasteiger partial charge in [-0.05, 0) is 18.6 Å². The Bertz CT molecular complexity index is 407. The van der Waals surface area contributed by atoms with Crippen molar-refractivity contribution in [3.05, 3.63) is 54.2 Å². The standard InChI is InChI=1S/C13H13N.CH4/c1-2-12-9-6-10-13(14-12)11-7-4-3-5-8-11;/h3-10H,2H2,1H3;1H4. The minimum Gasteiger partial charge on any atom is -0.253 e. The second-order valence-corrected chi connectivity index (χ2v) is 3.23. The summed E-state index contributed by atoms with van der Waals surface area (Å²) in [6.45, 7) is 2.12. The maximum atomic E-state index is 4.56. The molecule has 0 saturated carbocycles. The van der Waals surface area contributed by atoms with Gasteiger partial charge in [-0.1, -0.05) is 50.7 Å². The van der Waals surface area contributed by atoms with E-state index in [-0.39, 0.29) is 7.43 Å². The second-order valence-electron chi connectivity index (χ2n) is 3.23. The Labute approximate surface area is 91.8 Å². The second kappa shape index (κ2) is 5.30. The van der Waals surface area contributed by atoms with E-state index in [4.69, 9.17) is 0 Å². The minimum absolute atomic E-state index is 0. The van der Waals surface area contributed by atoms with Gasteiger partial charge in [0.25, 0.3) is 0 Å². The van der Waals surface area contributed by atoms with Crippen molar-refractivity contribution < 1.29 is 0 Å². The Morgan fingerprint density at radius 2 is 1.67 bits per heavy atom. The van der Waals surface area contributed by atoms with Crippen LogP contribution in [-0.2, 0) is 6.42 Å².